The summed E-state index contributed by atoms with van der Waals surface area (Å²) in [5, 5.41) is 26.9. The van der Waals surface area contributed by atoms with Gasteiger partial charge in [0.1, 0.15) is 11.1 Å². The van der Waals surface area contributed by atoms with Gasteiger partial charge in [-0.1, -0.05) is 23.2 Å². The molecule has 36 heavy (non-hydrogen) atoms. The van der Waals surface area contributed by atoms with E-state index < -0.39 is 30.3 Å². The summed E-state index contributed by atoms with van der Waals surface area (Å²) in [6.07, 6.45) is -2.50. The number of hydrogen-bond donors (Lipinski definition) is 4. The smallest absolute Gasteiger partial charge is 0.387 e. The number of nitrogens with zero attached hydrogens (tertiary/aromatic N) is 6. The van der Waals surface area contributed by atoms with Crippen molar-refractivity contribution in [2.45, 2.75) is 31.5 Å². The van der Waals surface area contributed by atoms with Gasteiger partial charge in [-0.15, -0.1) is 0 Å². The predicted octanol–water partition coefficient (Wildman–Crippen LogP) is 4.10. The molecule has 0 aromatic carbocycles. The lowest BCUT2D eigenvalue weighted by atomic mass is 9.88. The van der Waals surface area contributed by atoms with E-state index in [1.165, 1.54) is 31.5 Å². The lowest BCUT2D eigenvalue weighted by Crippen LogP contribution is -2.46. The highest BCUT2D eigenvalue weighted by Crippen LogP contribution is 2.50. The van der Waals surface area contributed by atoms with Crippen LogP contribution in [0.1, 0.15) is 19.5 Å². The van der Waals surface area contributed by atoms with Crippen molar-refractivity contribution in [1.82, 2.24) is 19.6 Å². The Morgan fingerprint density at radius 3 is 2.67 bits per heavy atom. The molecule has 0 spiro atoms. The first-order chi connectivity index (χ1) is 16.9. The van der Waals surface area contributed by atoms with E-state index in [9.17, 15) is 23.1 Å². The number of aliphatic hydroxyl groups excluding tert-OH is 1. The SMILES string of the molecule is C[C@@H](O)/C(C=N)=N/Nc1ncc(NC(=O)N2C[C@@](C)(C(F)(F)F)c3c2cnc2cc(Cl)nn32)cc1Cl. The first kappa shape index (κ1) is 25.6. The Morgan fingerprint density at radius 2 is 2.06 bits per heavy atom. The molecule has 4 heterocycles. The maximum atomic E-state index is 14.2. The van der Waals surface area contributed by atoms with E-state index in [2.05, 4.69) is 30.9 Å². The Balaban J connectivity index is 1.63. The number of fused-ring (bicyclic) bond motifs is 3. The van der Waals surface area contributed by atoms with Crippen molar-refractivity contribution in [2.75, 3.05) is 22.2 Å². The molecular weight excluding hydrogens is 526 g/mol. The molecule has 3 aromatic heterocycles. The van der Waals surface area contributed by atoms with E-state index in [1.54, 1.807) is 0 Å². The molecule has 4 N–H and O–H groups in total. The van der Waals surface area contributed by atoms with Crippen LogP contribution in [0.5, 0.6) is 0 Å². The van der Waals surface area contributed by atoms with E-state index in [0.717, 1.165) is 22.6 Å². The number of carbonyl (C=O) groups is 1. The standard InChI is InChI=1S/C20H18Cl2F3N9O2/c1-9(35)12(5-26)30-31-17-11(21)3-10(6-28-17)29-18(36)33-8-19(2,20(23,24)25)16-13(33)7-27-15-4-14(22)32-34(15)16/h3-7,9,26,35H,8H2,1-2H3,(H,28,31)(H,29,36)/b26-5?,30-12+/t9-,19-/m1/s1. The number of aromatic nitrogens is 4. The molecule has 0 aliphatic carbocycles. The van der Waals surface area contributed by atoms with Gasteiger partial charge in [-0.25, -0.2) is 19.3 Å². The lowest BCUT2D eigenvalue weighted by Gasteiger charge is -2.28. The first-order valence-electron chi connectivity index (χ1n) is 10.2. The van der Waals surface area contributed by atoms with E-state index in [0.29, 0.717) is 0 Å². The van der Waals surface area contributed by atoms with Gasteiger partial charge in [-0.05, 0) is 19.9 Å². The van der Waals surface area contributed by atoms with Crippen molar-refractivity contribution >= 4 is 64.0 Å². The van der Waals surface area contributed by atoms with Crippen LogP contribution in [-0.2, 0) is 5.41 Å². The molecule has 0 unspecified atom stereocenters. The third-order valence-corrected chi connectivity index (χ3v) is 6.02. The van der Waals surface area contributed by atoms with Crippen LogP contribution in [0.2, 0.25) is 10.2 Å². The molecular formula is C20H18Cl2F3N9O2. The zero-order valence-corrected chi connectivity index (χ0v) is 20.1. The van der Waals surface area contributed by atoms with E-state index in [4.69, 9.17) is 28.6 Å². The highest BCUT2D eigenvalue weighted by Gasteiger charge is 2.60. The lowest BCUT2D eigenvalue weighted by molar-refractivity contribution is -0.181. The maximum Gasteiger partial charge on any atom is 0.401 e. The number of hydrazone groups is 1. The van der Waals surface area contributed by atoms with Crippen LogP contribution in [0.3, 0.4) is 0 Å². The molecule has 0 bridgehead atoms. The van der Waals surface area contributed by atoms with Gasteiger partial charge in [0.25, 0.3) is 0 Å². The molecule has 1 aliphatic heterocycles. The Kier molecular flexibility index (Phi) is 6.53. The second kappa shape index (κ2) is 9.19. The van der Waals surface area contributed by atoms with Gasteiger partial charge < -0.3 is 15.8 Å². The second-order valence-electron chi connectivity index (χ2n) is 8.10. The van der Waals surface area contributed by atoms with Crippen molar-refractivity contribution in [3.63, 3.8) is 0 Å². The van der Waals surface area contributed by atoms with Crippen LogP contribution < -0.4 is 15.6 Å². The van der Waals surface area contributed by atoms with Crippen molar-refractivity contribution in [3.05, 3.63) is 40.4 Å². The molecule has 4 rings (SSSR count). The third-order valence-electron chi connectivity index (χ3n) is 5.55. The highest BCUT2D eigenvalue weighted by atomic mass is 35.5. The van der Waals surface area contributed by atoms with Crippen LogP contribution in [0.25, 0.3) is 5.65 Å². The number of pyridine rings is 1. The van der Waals surface area contributed by atoms with Crippen molar-refractivity contribution in [2.24, 2.45) is 5.10 Å². The predicted molar refractivity (Wildman–Crippen MR) is 129 cm³/mol. The number of halogens is 5. The van der Waals surface area contributed by atoms with Gasteiger partial charge in [0, 0.05) is 18.8 Å². The normalized spacial score (nSPS) is 18.8. The summed E-state index contributed by atoms with van der Waals surface area (Å²) in [6, 6.07) is 1.76. The summed E-state index contributed by atoms with van der Waals surface area (Å²) in [5.41, 5.74) is -0.0717. The Morgan fingerprint density at radius 1 is 1.33 bits per heavy atom. The summed E-state index contributed by atoms with van der Waals surface area (Å²) in [6.45, 7) is 1.67. The fourth-order valence-corrected chi connectivity index (χ4v) is 4.02. The van der Waals surface area contributed by atoms with Gasteiger partial charge in [-0.3, -0.25) is 10.3 Å². The van der Waals surface area contributed by atoms with E-state index in [1.807, 2.05) is 0 Å². The quantitative estimate of drug-likeness (QED) is 0.281. The number of anilines is 3. The number of rotatable bonds is 5. The first-order valence-corrected chi connectivity index (χ1v) is 11.0. The average Bonchev–Trinajstić information content (AvgIpc) is 3.32. The summed E-state index contributed by atoms with van der Waals surface area (Å²) in [4.78, 5) is 22.1. The van der Waals surface area contributed by atoms with Gasteiger partial charge >= 0.3 is 12.2 Å². The number of nitrogens with one attached hydrogen (secondary N) is 3. The van der Waals surface area contributed by atoms with Gasteiger partial charge in [0.2, 0.25) is 0 Å². The minimum Gasteiger partial charge on any atom is -0.387 e. The number of alkyl halides is 3. The number of urea groups is 1. The zero-order chi connectivity index (χ0) is 26.4. The van der Waals surface area contributed by atoms with Crippen LogP contribution in [0.4, 0.5) is 35.2 Å². The molecule has 1 aliphatic rings. The van der Waals surface area contributed by atoms with Crippen molar-refractivity contribution in [3.8, 4) is 0 Å². The maximum absolute atomic E-state index is 14.2. The topological polar surface area (TPSA) is 144 Å². The van der Waals surface area contributed by atoms with Gasteiger partial charge in [0.05, 0.1) is 40.6 Å². The fourth-order valence-electron chi connectivity index (χ4n) is 3.64. The molecule has 11 nitrogen and oxygen atoms in total. The Hall–Kier alpha value is -3.49. The summed E-state index contributed by atoms with van der Waals surface area (Å²) < 4.78 is 43.6. The van der Waals surface area contributed by atoms with Crippen LogP contribution in [0, 0.1) is 5.41 Å². The van der Waals surface area contributed by atoms with Crippen molar-refractivity contribution in [1.29, 1.82) is 5.41 Å². The van der Waals surface area contributed by atoms with E-state index >= 15 is 0 Å². The summed E-state index contributed by atoms with van der Waals surface area (Å²) in [7, 11) is 0. The molecule has 0 saturated heterocycles. The third kappa shape index (κ3) is 4.42. The fraction of sp³-hybridized carbons (Fsp3) is 0.300. The molecule has 0 saturated carbocycles. The van der Waals surface area contributed by atoms with Gasteiger partial charge in [0.15, 0.2) is 16.6 Å². The number of aliphatic hydroxyl groups is 1. The molecule has 190 valence electrons. The number of hydrogen-bond acceptors (Lipinski definition) is 8. The van der Waals surface area contributed by atoms with Crippen LogP contribution >= 0.6 is 23.2 Å². The van der Waals surface area contributed by atoms with Crippen LogP contribution in [0.15, 0.2) is 29.6 Å². The zero-order valence-electron chi connectivity index (χ0n) is 18.6. The molecule has 2 atom stereocenters. The summed E-state index contributed by atoms with van der Waals surface area (Å²) >= 11 is 12.1. The average molecular weight is 544 g/mol. The number of amides is 2. The Labute approximate surface area is 211 Å². The van der Waals surface area contributed by atoms with E-state index in [-0.39, 0.29) is 44.4 Å². The molecule has 2 amide bonds. The monoisotopic (exact) mass is 543 g/mol. The molecule has 0 radical (unpaired) electrons. The highest BCUT2D eigenvalue weighted by molar-refractivity contribution is 6.33. The van der Waals surface area contributed by atoms with Crippen LogP contribution in [-0.4, -0.2) is 61.5 Å². The molecule has 3 aromatic rings. The molecule has 0 fully saturated rings. The van der Waals surface area contributed by atoms with Gasteiger partial charge in [-0.2, -0.15) is 23.4 Å². The van der Waals surface area contributed by atoms with Crippen molar-refractivity contribution < 1.29 is 23.1 Å². The second-order valence-corrected chi connectivity index (χ2v) is 8.89. The molecule has 16 heteroatoms. The Bertz CT molecular complexity index is 1390. The summed E-state index contributed by atoms with van der Waals surface area (Å²) in [5.74, 6) is 0.0629. The number of carbonyl (C=O) groups excluding carboxylic acids is 1. The minimum atomic E-state index is -4.72. The minimum absolute atomic E-state index is 0.0167. The largest absolute Gasteiger partial charge is 0.401 e.